The highest BCUT2D eigenvalue weighted by atomic mass is 35.5. The van der Waals surface area contributed by atoms with E-state index in [1.165, 1.54) is 25.5 Å². The summed E-state index contributed by atoms with van der Waals surface area (Å²) in [6, 6.07) is 7.70. The van der Waals surface area contributed by atoms with Gasteiger partial charge in [0.15, 0.2) is 0 Å². The molecule has 2 aliphatic carbocycles. The average molecular weight is 344 g/mol. The predicted octanol–water partition coefficient (Wildman–Crippen LogP) is 4.20. The lowest BCUT2D eigenvalue weighted by molar-refractivity contribution is -0.147. The smallest absolute Gasteiger partial charge is 0.323 e. The number of halogens is 1. The maximum Gasteiger partial charge on any atom is 0.323 e. The van der Waals surface area contributed by atoms with Gasteiger partial charge in [-0.15, -0.1) is 0 Å². The van der Waals surface area contributed by atoms with E-state index in [2.05, 4.69) is 23.5 Å². The number of fused-ring (bicyclic) bond motifs is 2. The molecule has 3 unspecified atom stereocenters. The fraction of sp³-hybridized carbons (Fsp3) is 0.450. The van der Waals surface area contributed by atoms with E-state index in [0.29, 0.717) is 5.92 Å². The van der Waals surface area contributed by atoms with Crippen LogP contribution in [0.5, 0.6) is 0 Å². The number of ether oxygens (including phenoxy) is 1. The lowest BCUT2D eigenvalue weighted by Crippen LogP contribution is -2.58. The lowest BCUT2D eigenvalue weighted by atomic mass is 9.63. The van der Waals surface area contributed by atoms with E-state index in [9.17, 15) is 4.79 Å². The Morgan fingerprint density at radius 3 is 2.62 bits per heavy atom. The van der Waals surface area contributed by atoms with Crippen molar-refractivity contribution in [3.63, 3.8) is 0 Å². The molecule has 1 aliphatic heterocycles. The zero-order chi connectivity index (χ0) is 16.7. The van der Waals surface area contributed by atoms with E-state index < -0.39 is 0 Å². The van der Waals surface area contributed by atoms with Gasteiger partial charge in [-0.1, -0.05) is 60.4 Å². The van der Waals surface area contributed by atoms with E-state index in [0.717, 1.165) is 23.4 Å². The maximum atomic E-state index is 12.6. The number of rotatable bonds is 2. The van der Waals surface area contributed by atoms with Gasteiger partial charge >= 0.3 is 5.97 Å². The van der Waals surface area contributed by atoms with Crippen molar-refractivity contribution < 1.29 is 9.53 Å². The molecule has 3 atom stereocenters. The molecule has 1 aromatic rings. The number of piperidine rings is 1. The van der Waals surface area contributed by atoms with E-state index in [1.807, 2.05) is 24.3 Å². The Hall–Kier alpha value is -1.58. The monoisotopic (exact) mass is 343 g/mol. The molecule has 3 nitrogen and oxygen atoms in total. The SMILES string of the molecule is COC(=O)C1NC(c2ccc(Cl)cc2)C2C=CC=C2C12CCCC2. The van der Waals surface area contributed by atoms with Gasteiger partial charge in [-0.05, 0) is 30.5 Å². The summed E-state index contributed by atoms with van der Waals surface area (Å²) in [5.41, 5.74) is 2.46. The summed E-state index contributed by atoms with van der Waals surface area (Å²) in [5.74, 6) is 0.146. The molecule has 2 fully saturated rings. The molecule has 1 saturated carbocycles. The Bertz CT molecular complexity index is 701. The first kappa shape index (κ1) is 15.9. The van der Waals surface area contributed by atoms with E-state index in [-0.39, 0.29) is 23.5 Å². The van der Waals surface area contributed by atoms with E-state index in [4.69, 9.17) is 16.3 Å². The summed E-state index contributed by atoms with van der Waals surface area (Å²) in [7, 11) is 1.48. The molecule has 0 radical (unpaired) electrons. The van der Waals surface area contributed by atoms with Gasteiger partial charge < -0.3 is 4.74 Å². The lowest BCUT2D eigenvalue weighted by Gasteiger charge is -2.48. The molecule has 126 valence electrons. The van der Waals surface area contributed by atoms with Crippen LogP contribution in [0.3, 0.4) is 0 Å². The first-order valence-corrected chi connectivity index (χ1v) is 9.02. The first-order valence-electron chi connectivity index (χ1n) is 8.64. The van der Waals surface area contributed by atoms with Gasteiger partial charge in [-0.25, -0.2) is 0 Å². The maximum absolute atomic E-state index is 12.6. The van der Waals surface area contributed by atoms with Gasteiger partial charge in [0.05, 0.1) is 7.11 Å². The molecule has 0 bridgehead atoms. The molecular formula is C20H22ClNO2. The quantitative estimate of drug-likeness (QED) is 0.818. The number of allylic oxidation sites excluding steroid dienone is 2. The fourth-order valence-electron chi connectivity index (χ4n) is 4.86. The molecular weight excluding hydrogens is 322 g/mol. The van der Waals surface area contributed by atoms with Crippen LogP contribution in [0, 0.1) is 11.3 Å². The normalized spacial score (nSPS) is 30.2. The summed E-state index contributed by atoms with van der Waals surface area (Å²) in [5, 5.41) is 4.36. The van der Waals surface area contributed by atoms with Crippen molar-refractivity contribution in [2.45, 2.75) is 37.8 Å². The van der Waals surface area contributed by atoms with Crippen LogP contribution in [0.25, 0.3) is 0 Å². The summed E-state index contributed by atoms with van der Waals surface area (Å²) in [6.45, 7) is 0. The zero-order valence-corrected chi connectivity index (χ0v) is 14.6. The Morgan fingerprint density at radius 1 is 1.25 bits per heavy atom. The highest BCUT2D eigenvalue weighted by Crippen LogP contribution is 2.56. The topological polar surface area (TPSA) is 38.3 Å². The van der Waals surface area contributed by atoms with Crippen molar-refractivity contribution in [2.24, 2.45) is 11.3 Å². The van der Waals surface area contributed by atoms with Crippen LogP contribution < -0.4 is 5.32 Å². The number of methoxy groups -OCH3 is 1. The van der Waals surface area contributed by atoms with Crippen molar-refractivity contribution >= 4 is 17.6 Å². The standard InChI is InChI=1S/C20H22ClNO2/c1-24-19(23)18-20(11-2-3-12-20)16-6-4-5-15(16)17(22-18)13-7-9-14(21)10-8-13/h4-10,15,17-18,22H,2-3,11-12H2,1H3. The Balaban J connectivity index is 1.76. The molecule has 0 amide bonds. The third-order valence-electron chi connectivity index (χ3n) is 5.95. The Morgan fingerprint density at radius 2 is 1.96 bits per heavy atom. The summed E-state index contributed by atoms with van der Waals surface area (Å²) >= 11 is 6.04. The summed E-state index contributed by atoms with van der Waals surface area (Å²) in [4.78, 5) is 12.6. The van der Waals surface area contributed by atoms with E-state index in [1.54, 1.807) is 0 Å². The first-order chi connectivity index (χ1) is 11.7. The fourth-order valence-corrected chi connectivity index (χ4v) is 4.99. The molecule has 1 N–H and O–H groups in total. The minimum absolute atomic E-state index is 0.0718. The molecule has 3 aliphatic rings. The number of carbonyl (C=O) groups excluding carboxylic acids is 1. The highest BCUT2D eigenvalue weighted by Gasteiger charge is 2.55. The number of carbonyl (C=O) groups is 1. The number of esters is 1. The average Bonchev–Trinajstić information content (AvgIpc) is 3.26. The van der Waals surface area contributed by atoms with Crippen molar-refractivity contribution in [3.8, 4) is 0 Å². The van der Waals surface area contributed by atoms with Crippen molar-refractivity contribution in [1.29, 1.82) is 0 Å². The Kier molecular flexibility index (Phi) is 4.01. The van der Waals surface area contributed by atoms with Crippen LogP contribution in [0.4, 0.5) is 0 Å². The molecule has 1 spiro atoms. The third-order valence-corrected chi connectivity index (χ3v) is 6.20. The van der Waals surface area contributed by atoms with Crippen LogP contribution in [-0.2, 0) is 9.53 Å². The number of benzene rings is 1. The minimum atomic E-state index is -0.284. The Labute approximate surface area is 147 Å². The molecule has 0 aromatic heterocycles. The van der Waals surface area contributed by atoms with Crippen molar-refractivity contribution in [1.82, 2.24) is 5.32 Å². The van der Waals surface area contributed by atoms with Crippen molar-refractivity contribution in [2.75, 3.05) is 7.11 Å². The minimum Gasteiger partial charge on any atom is -0.468 e. The van der Waals surface area contributed by atoms with E-state index >= 15 is 0 Å². The number of hydrogen-bond acceptors (Lipinski definition) is 3. The van der Waals surface area contributed by atoms with Gasteiger partial charge in [0.2, 0.25) is 0 Å². The molecule has 1 aromatic carbocycles. The second-order valence-electron chi connectivity index (χ2n) is 7.05. The highest BCUT2D eigenvalue weighted by molar-refractivity contribution is 6.30. The van der Waals surface area contributed by atoms with Gasteiger partial charge in [0.25, 0.3) is 0 Å². The van der Waals surface area contributed by atoms with Gasteiger partial charge in [0, 0.05) is 22.4 Å². The largest absolute Gasteiger partial charge is 0.468 e. The summed E-state index contributed by atoms with van der Waals surface area (Å²) in [6.07, 6.45) is 11.1. The predicted molar refractivity (Wildman–Crippen MR) is 94.7 cm³/mol. The van der Waals surface area contributed by atoms with Crippen LogP contribution in [-0.4, -0.2) is 19.1 Å². The second kappa shape index (κ2) is 6.05. The molecule has 24 heavy (non-hydrogen) atoms. The van der Waals surface area contributed by atoms with Gasteiger partial charge in [-0.2, -0.15) is 0 Å². The van der Waals surface area contributed by atoms with Gasteiger partial charge in [-0.3, -0.25) is 10.1 Å². The van der Waals surface area contributed by atoms with Crippen LogP contribution >= 0.6 is 11.6 Å². The van der Waals surface area contributed by atoms with Crippen LogP contribution in [0.1, 0.15) is 37.3 Å². The molecule has 4 rings (SSSR count). The van der Waals surface area contributed by atoms with Crippen LogP contribution in [0.15, 0.2) is 48.1 Å². The number of hydrogen-bond donors (Lipinski definition) is 1. The van der Waals surface area contributed by atoms with Gasteiger partial charge in [0.1, 0.15) is 6.04 Å². The summed E-state index contributed by atoms with van der Waals surface area (Å²) < 4.78 is 5.16. The molecule has 1 heterocycles. The van der Waals surface area contributed by atoms with Crippen molar-refractivity contribution in [3.05, 3.63) is 58.7 Å². The second-order valence-corrected chi connectivity index (χ2v) is 7.48. The van der Waals surface area contributed by atoms with Crippen LogP contribution in [0.2, 0.25) is 5.02 Å². The third kappa shape index (κ3) is 2.34. The molecule has 4 heteroatoms. The molecule has 1 saturated heterocycles. The number of nitrogens with one attached hydrogen (secondary N) is 1. The zero-order valence-electron chi connectivity index (χ0n) is 13.8.